The highest BCUT2D eigenvalue weighted by Crippen LogP contribution is 1.98. The van der Waals surface area contributed by atoms with Gasteiger partial charge in [-0.2, -0.15) is 4.98 Å². The number of aromatic nitrogens is 2. The van der Waals surface area contributed by atoms with Crippen LogP contribution in [0, 0.1) is 19.8 Å². The number of rotatable bonds is 6. The fourth-order valence-electron chi connectivity index (χ4n) is 1.81. The maximum absolute atomic E-state index is 11.7. The van der Waals surface area contributed by atoms with Gasteiger partial charge in [0, 0.05) is 17.9 Å². The van der Waals surface area contributed by atoms with Crippen molar-refractivity contribution in [2.24, 2.45) is 5.92 Å². The Morgan fingerprint density at radius 3 is 2.61 bits per heavy atom. The first kappa shape index (κ1) is 14.9. The Labute approximate surface area is 108 Å². The van der Waals surface area contributed by atoms with Crippen molar-refractivity contribution in [3.8, 4) is 0 Å². The summed E-state index contributed by atoms with van der Waals surface area (Å²) >= 11 is 0. The molecule has 0 aliphatic heterocycles. The third-order valence-electron chi connectivity index (χ3n) is 2.67. The van der Waals surface area contributed by atoms with E-state index in [2.05, 4.69) is 24.1 Å². The van der Waals surface area contributed by atoms with E-state index in [1.165, 1.54) is 4.57 Å². The summed E-state index contributed by atoms with van der Waals surface area (Å²) < 4.78 is 1.51. The Hall–Kier alpha value is -1.20. The van der Waals surface area contributed by atoms with Crippen molar-refractivity contribution in [1.29, 1.82) is 0 Å². The molecule has 18 heavy (non-hydrogen) atoms. The highest BCUT2D eigenvalue weighted by molar-refractivity contribution is 5.06. The molecule has 0 aliphatic carbocycles. The lowest BCUT2D eigenvalue weighted by molar-refractivity contribution is 0.147. The summed E-state index contributed by atoms with van der Waals surface area (Å²) in [6.45, 7) is 9.48. The van der Waals surface area contributed by atoms with Crippen LogP contribution in [-0.2, 0) is 6.54 Å². The van der Waals surface area contributed by atoms with E-state index in [4.69, 9.17) is 0 Å². The number of aliphatic hydroxyl groups excluding tert-OH is 1. The molecule has 1 aromatic heterocycles. The second kappa shape index (κ2) is 6.66. The topological polar surface area (TPSA) is 67.2 Å². The average Bonchev–Trinajstić information content (AvgIpc) is 2.22. The second-order valence-corrected chi connectivity index (χ2v) is 5.14. The first-order valence-corrected chi connectivity index (χ1v) is 6.34. The first-order valence-electron chi connectivity index (χ1n) is 6.34. The van der Waals surface area contributed by atoms with E-state index in [9.17, 15) is 9.90 Å². The van der Waals surface area contributed by atoms with Gasteiger partial charge in [-0.05, 0) is 32.4 Å². The van der Waals surface area contributed by atoms with Crippen LogP contribution in [0.4, 0.5) is 0 Å². The molecule has 2 N–H and O–H groups in total. The largest absolute Gasteiger partial charge is 0.390 e. The van der Waals surface area contributed by atoms with Gasteiger partial charge in [-0.15, -0.1) is 0 Å². The van der Waals surface area contributed by atoms with Gasteiger partial charge < -0.3 is 10.4 Å². The van der Waals surface area contributed by atoms with Crippen molar-refractivity contribution >= 4 is 0 Å². The van der Waals surface area contributed by atoms with Crippen LogP contribution < -0.4 is 11.0 Å². The summed E-state index contributed by atoms with van der Waals surface area (Å²) in [5.74, 6) is 0.544. The van der Waals surface area contributed by atoms with Gasteiger partial charge in [-0.1, -0.05) is 13.8 Å². The van der Waals surface area contributed by atoms with Gasteiger partial charge in [0.15, 0.2) is 0 Å². The minimum Gasteiger partial charge on any atom is -0.390 e. The highest BCUT2D eigenvalue weighted by atomic mass is 16.3. The van der Waals surface area contributed by atoms with Crippen molar-refractivity contribution in [3.63, 3.8) is 0 Å². The highest BCUT2D eigenvalue weighted by Gasteiger charge is 2.09. The molecule has 0 saturated carbocycles. The monoisotopic (exact) mass is 253 g/mol. The number of aliphatic hydroxyl groups is 1. The lowest BCUT2D eigenvalue weighted by Gasteiger charge is -2.16. The van der Waals surface area contributed by atoms with E-state index in [1.807, 2.05) is 13.0 Å². The normalized spacial score (nSPS) is 13.0. The summed E-state index contributed by atoms with van der Waals surface area (Å²) in [5, 5.41) is 13.1. The zero-order chi connectivity index (χ0) is 13.7. The fraction of sp³-hybridized carbons (Fsp3) is 0.692. The molecule has 0 aliphatic rings. The van der Waals surface area contributed by atoms with E-state index >= 15 is 0 Å². The van der Waals surface area contributed by atoms with Gasteiger partial charge in [0.1, 0.15) is 0 Å². The zero-order valence-electron chi connectivity index (χ0n) is 11.6. The molecule has 0 fully saturated rings. The minimum absolute atomic E-state index is 0.281. The quantitative estimate of drug-likeness (QED) is 0.773. The smallest absolute Gasteiger partial charge is 0.348 e. The molecule has 0 bridgehead atoms. The van der Waals surface area contributed by atoms with Gasteiger partial charge in [0.05, 0.1) is 12.6 Å². The Morgan fingerprint density at radius 1 is 1.39 bits per heavy atom. The molecule has 5 heteroatoms. The summed E-state index contributed by atoms with van der Waals surface area (Å²) in [6.07, 6.45) is -0.579. The van der Waals surface area contributed by atoms with Crippen molar-refractivity contribution < 1.29 is 5.11 Å². The van der Waals surface area contributed by atoms with Crippen molar-refractivity contribution in [2.75, 3.05) is 13.1 Å². The fourth-order valence-corrected chi connectivity index (χ4v) is 1.81. The Kier molecular flexibility index (Phi) is 5.50. The van der Waals surface area contributed by atoms with Crippen LogP contribution in [0.15, 0.2) is 10.9 Å². The molecular formula is C13H23N3O2. The Morgan fingerprint density at radius 2 is 2.06 bits per heavy atom. The van der Waals surface area contributed by atoms with Gasteiger partial charge in [-0.25, -0.2) is 4.79 Å². The maximum Gasteiger partial charge on any atom is 0.348 e. The number of nitrogens with one attached hydrogen (secondary N) is 1. The second-order valence-electron chi connectivity index (χ2n) is 5.14. The van der Waals surface area contributed by atoms with Crippen LogP contribution in [-0.4, -0.2) is 33.9 Å². The maximum atomic E-state index is 11.7. The van der Waals surface area contributed by atoms with Gasteiger partial charge in [0.25, 0.3) is 0 Å². The number of hydrogen-bond donors (Lipinski definition) is 2. The van der Waals surface area contributed by atoms with Gasteiger partial charge in [0.2, 0.25) is 0 Å². The molecule has 1 unspecified atom stereocenters. The van der Waals surface area contributed by atoms with E-state index in [0.717, 1.165) is 12.2 Å². The third kappa shape index (κ3) is 4.58. The molecular weight excluding hydrogens is 230 g/mol. The van der Waals surface area contributed by atoms with Crippen molar-refractivity contribution in [1.82, 2.24) is 14.9 Å². The first-order chi connectivity index (χ1) is 8.40. The average molecular weight is 253 g/mol. The number of nitrogens with zero attached hydrogens (tertiary/aromatic N) is 2. The van der Waals surface area contributed by atoms with E-state index in [0.29, 0.717) is 18.2 Å². The minimum atomic E-state index is -0.579. The standard InChI is InChI=1S/C13H23N3O2/c1-9(2)6-14-7-12(17)8-16-11(4)5-10(3)15-13(16)18/h5,9,12,14,17H,6-8H2,1-4H3. The van der Waals surface area contributed by atoms with Crippen molar-refractivity contribution in [2.45, 2.75) is 40.3 Å². The molecule has 1 heterocycles. The van der Waals surface area contributed by atoms with Crippen molar-refractivity contribution in [3.05, 3.63) is 27.9 Å². The molecule has 1 aromatic rings. The molecule has 0 aromatic carbocycles. The molecule has 0 amide bonds. The SMILES string of the molecule is Cc1cc(C)n(CC(O)CNCC(C)C)c(=O)n1. The molecule has 0 radical (unpaired) electrons. The molecule has 0 spiro atoms. The van der Waals surface area contributed by atoms with Crippen LogP contribution >= 0.6 is 0 Å². The lowest BCUT2D eigenvalue weighted by Crippen LogP contribution is -2.36. The van der Waals surface area contributed by atoms with Crippen LogP contribution in [0.2, 0.25) is 0 Å². The third-order valence-corrected chi connectivity index (χ3v) is 2.67. The van der Waals surface area contributed by atoms with E-state index in [-0.39, 0.29) is 12.2 Å². The zero-order valence-corrected chi connectivity index (χ0v) is 11.6. The predicted octanol–water partition coefficient (Wildman–Crippen LogP) is 0.467. The van der Waals surface area contributed by atoms with Crippen LogP contribution in [0.1, 0.15) is 25.2 Å². The van der Waals surface area contributed by atoms with E-state index in [1.54, 1.807) is 6.92 Å². The lowest BCUT2D eigenvalue weighted by atomic mass is 10.2. The van der Waals surface area contributed by atoms with E-state index < -0.39 is 6.10 Å². The number of aryl methyl sites for hydroxylation is 2. The van der Waals surface area contributed by atoms with Crippen LogP contribution in [0.3, 0.4) is 0 Å². The molecule has 1 atom stereocenters. The summed E-state index contributed by atoms with van der Waals surface area (Å²) in [5.41, 5.74) is 1.24. The molecule has 1 rings (SSSR count). The molecule has 0 saturated heterocycles. The van der Waals surface area contributed by atoms with Gasteiger partial charge >= 0.3 is 5.69 Å². The Bertz CT molecular complexity index is 440. The predicted molar refractivity (Wildman–Crippen MR) is 71.7 cm³/mol. The Balaban J connectivity index is 2.59. The number of hydrogen-bond acceptors (Lipinski definition) is 4. The van der Waals surface area contributed by atoms with Gasteiger partial charge in [-0.3, -0.25) is 4.57 Å². The summed E-state index contributed by atoms with van der Waals surface area (Å²) in [6, 6.07) is 1.84. The van der Waals surface area contributed by atoms with Crippen LogP contribution in [0.25, 0.3) is 0 Å². The summed E-state index contributed by atoms with van der Waals surface area (Å²) in [4.78, 5) is 15.6. The summed E-state index contributed by atoms with van der Waals surface area (Å²) in [7, 11) is 0. The molecule has 5 nitrogen and oxygen atoms in total. The van der Waals surface area contributed by atoms with Crippen LogP contribution in [0.5, 0.6) is 0 Å². The molecule has 102 valence electrons.